The molecule has 5 heteroatoms. The van der Waals surface area contributed by atoms with Gasteiger partial charge in [-0.05, 0) is 47.4 Å². The molecule has 0 bridgehead atoms. The number of rotatable bonds is 3. The Morgan fingerprint density at radius 3 is 2.48 bits per heavy atom. The summed E-state index contributed by atoms with van der Waals surface area (Å²) in [4.78, 5) is 9.39. The van der Waals surface area contributed by atoms with Crippen molar-refractivity contribution >= 4 is 34.8 Å². The van der Waals surface area contributed by atoms with E-state index in [-0.39, 0.29) is 5.92 Å². The number of hydrogen-bond donors (Lipinski definition) is 1. The number of aromatic nitrogens is 2. The van der Waals surface area contributed by atoms with Crippen molar-refractivity contribution in [3.05, 3.63) is 106 Å². The molecule has 0 unspecified atom stereocenters. The maximum Gasteiger partial charge on any atom is 0.227 e. The maximum atomic E-state index is 6.29. The predicted molar refractivity (Wildman–Crippen MR) is 119 cm³/mol. The van der Waals surface area contributed by atoms with Gasteiger partial charge in [0.25, 0.3) is 0 Å². The molecule has 0 amide bonds. The lowest BCUT2D eigenvalue weighted by atomic mass is 9.78. The highest BCUT2D eigenvalue weighted by atomic mass is 35.5. The molecule has 1 N–H and O–H groups in total. The summed E-state index contributed by atoms with van der Waals surface area (Å²) in [5, 5.41) is 4.43. The van der Waals surface area contributed by atoms with E-state index < -0.39 is 0 Å². The van der Waals surface area contributed by atoms with Crippen LogP contribution in [0.15, 0.2) is 79.0 Å². The van der Waals surface area contributed by atoms with Gasteiger partial charge in [-0.1, -0.05) is 71.7 Å². The van der Waals surface area contributed by atoms with Crippen molar-refractivity contribution in [3.63, 3.8) is 0 Å². The van der Waals surface area contributed by atoms with Gasteiger partial charge in [-0.3, -0.25) is 0 Å². The molecule has 142 valence electrons. The molecule has 0 aliphatic heterocycles. The summed E-state index contributed by atoms with van der Waals surface area (Å²) in [6.45, 7) is 0. The number of fused-ring (bicyclic) bond motifs is 3. The molecular weight excluding hydrogens is 401 g/mol. The Kier molecular flexibility index (Phi) is 4.70. The summed E-state index contributed by atoms with van der Waals surface area (Å²) < 4.78 is 0. The van der Waals surface area contributed by atoms with Crippen LogP contribution < -0.4 is 5.32 Å². The van der Waals surface area contributed by atoms with Gasteiger partial charge >= 0.3 is 0 Å². The van der Waals surface area contributed by atoms with E-state index in [2.05, 4.69) is 28.5 Å². The third kappa shape index (κ3) is 3.48. The van der Waals surface area contributed by atoms with Crippen molar-refractivity contribution in [2.45, 2.75) is 12.3 Å². The summed E-state index contributed by atoms with van der Waals surface area (Å²) in [6, 6.07) is 24.2. The molecule has 4 aromatic rings. The average Bonchev–Trinajstić information content (AvgIpc) is 2.76. The van der Waals surface area contributed by atoms with Gasteiger partial charge < -0.3 is 5.32 Å². The van der Waals surface area contributed by atoms with Crippen molar-refractivity contribution in [2.75, 3.05) is 5.32 Å². The molecular formula is C24H17Cl2N3. The normalized spacial score (nSPS) is 14.8. The van der Waals surface area contributed by atoms with Gasteiger partial charge in [-0.15, -0.1) is 0 Å². The Morgan fingerprint density at radius 1 is 0.862 bits per heavy atom. The van der Waals surface area contributed by atoms with Crippen LogP contribution in [0.1, 0.15) is 22.6 Å². The van der Waals surface area contributed by atoms with E-state index >= 15 is 0 Å². The van der Waals surface area contributed by atoms with Crippen molar-refractivity contribution in [1.82, 2.24) is 9.97 Å². The average molecular weight is 418 g/mol. The quantitative estimate of drug-likeness (QED) is 0.394. The monoisotopic (exact) mass is 417 g/mol. The van der Waals surface area contributed by atoms with E-state index in [0.29, 0.717) is 16.0 Å². The first-order valence-electron chi connectivity index (χ1n) is 9.41. The maximum absolute atomic E-state index is 6.29. The minimum absolute atomic E-state index is 0.185. The van der Waals surface area contributed by atoms with Crippen LogP contribution in [0.5, 0.6) is 0 Å². The van der Waals surface area contributed by atoms with Gasteiger partial charge in [-0.25, -0.2) is 9.97 Å². The van der Waals surface area contributed by atoms with Crippen LogP contribution in [0.25, 0.3) is 11.3 Å². The lowest BCUT2D eigenvalue weighted by Gasteiger charge is -2.27. The van der Waals surface area contributed by atoms with Gasteiger partial charge in [0.2, 0.25) is 5.95 Å². The summed E-state index contributed by atoms with van der Waals surface area (Å²) in [5.41, 5.74) is 6.57. The molecule has 29 heavy (non-hydrogen) atoms. The first kappa shape index (κ1) is 18.2. The molecule has 1 aliphatic carbocycles. The zero-order valence-corrected chi connectivity index (χ0v) is 17.0. The summed E-state index contributed by atoms with van der Waals surface area (Å²) >= 11 is 12.4. The van der Waals surface area contributed by atoms with Gasteiger partial charge in [0.15, 0.2) is 0 Å². The fraction of sp³-hybridized carbons (Fsp3) is 0.0833. The van der Waals surface area contributed by atoms with Crippen molar-refractivity contribution < 1.29 is 0 Å². The van der Waals surface area contributed by atoms with Crippen LogP contribution >= 0.6 is 23.2 Å². The smallest absolute Gasteiger partial charge is 0.227 e. The van der Waals surface area contributed by atoms with Gasteiger partial charge in [-0.2, -0.15) is 0 Å². The Morgan fingerprint density at radius 2 is 1.66 bits per heavy atom. The van der Waals surface area contributed by atoms with Gasteiger partial charge in [0.05, 0.1) is 15.7 Å². The second-order valence-electron chi connectivity index (χ2n) is 7.08. The molecule has 0 fully saturated rings. The molecule has 1 atom stereocenters. The predicted octanol–water partition coefficient (Wildman–Crippen LogP) is 6.88. The molecule has 5 rings (SSSR count). The standard InChI is InChI=1S/C24H17Cl2N3/c25-21-11-10-15(13-22(21)26)20-12-16-14-27-24(28-17-6-2-1-3-7-17)29-23(16)19-9-5-4-8-18(19)20/h1-11,13-14,20H,12H2,(H,27,28,29)/t20-/m0/s1. The molecule has 1 heterocycles. The number of nitrogens with one attached hydrogen (secondary N) is 1. The van der Waals surface area contributed by atoms with Crippen molar-refractivity contribution in [1.29, 1.82) is 0 Å². The van der Waals surface area contributed by atoms with Crippen LogP contribution in [0, 0.1) is 0 Å². The lowest BCUT2D eigenvalue weighted by Crippen LogP contribution is -2.15. The van der Waals surface area contributed by atoms with Crippen molar-refractivity contribution in [3.8, 4) is 11.3 Å². The first-order valence-corrected chi connectivity index (χ1v) is 10.2. The third-order valence-electron chi connectivity index (χ3n) is 5.26. The zero-order chi connectivity index (χ0) is 19.8. The Labute approximate surface area is 179 Å². The second-order valence-corrected chi connectivity index (χ2v) is 7.89. The second kappa shape index (κ2) is 7.51. The topological polar surface area (TPSA) is 37.8 Å². The fourth-order valence-corrected chi connectivity index (χ4v) is 4.18. The van der Waals surface area contributed by atoms with E-state index in [4.69, 9.17) is 28.2 Å². The van der Waals surface area contributed by atoms with Gasteiger partial charge in [0, 0.05) is 23.4 Å². The molecule has 0 saturated carbocycles. The number of anilines is 2. The summed E-state index contributed by atoms with van der Waals surface area (Å²) in [5.74, 6) is 0.780. The minimum Gasteiger partial charge on any atom is -0.324 e. The van der Waals surface area contributed by atoms with Crippen LogP contribution in [-0.2, 0) is 6.42 Å². The van der Waals surface area contributed by atoms with Crippen LogP contribution in [0.2, 0.25) is 10.0 Å². The summed E-state index contributed by atoms with van der Waals surface area (Å²) in [7, 11) is 0. The molecule has 0 saturated heterocycles. The SMILES string of the molecule is Clc1ccc([C@@H]2Cc3cnc(Nc4ccccc4)nc3-c3ccccc32)cc1Cl. The van der Waals surface area contributed by atoms with E-state index in [9.17, 15) is 0 Å². The third-order valence-corrected chi connectivity index (χ3v) is 5.99. The highest BCUT2D eigenvalue weighted by Crippen LogP contribution is 2.42. The van der Waals surface area contributed by atoms with Crippen LogP contribution in [0.3, 0.4) is 0 Å². The molecule has 1 aliphatic rings. The van der Waals surface area contributed by atoms with Gasteiger partial charge in [0.1, 0.15) is 0 Å². The van der Waals surface area contributed by atoms with E-state index in [1.807, 2.05) is 60.8 Å². The molecule has 0 radical (unpaired) electrons. The fourth-order valence-electron chi connectivity index (χ4n) is 3.87. The van der Waals surface area contributed by atoms with Crippen molar-refractivity contribution in [2.24, 2.45) is 0 Å². The van der Waals surface area contributed by atoms with E-state index in [1.54, 1.807) is 0 Å². The van der Waals surface area contributed by atoms with Crippen LogP contribution in [-0.4, -0.2) is 9.97 Å². The highest BCUT2D eigenvalue weighted by molar-refractivity contribution is 6.42. The number of halogens is 2. The Balaban J connectivity index is 1.56. The van der Waals surface area contributed by atoms with Crippen LogP contribution in [0.4, 0.5) is 11.6 Å². The number of para-hydroxylation sites is 1. The Hall–Kier alpha value is -2.88. The number of hydrogen-bond acceptors (Lipinski definition) is 3. The molecule has 0 spiro atoms. The highest BCUT2D eigenvalue weighted by Gasteiger charge is 2.27. The first-order chi connectivity index (χ1) is 14.2. The molecule has 1 aromatic heterocycles. The zero-order valence-electron chi connectivity index (χ0n) is 15.4. The molecule has 3 aromatic carbocycles. The Bertz CT molecular complexity index is 1190. The minimum atomic E-state index is 0.185. The number of nitrogens with zero attached hydrogens (tertiary/aromatic N) is 2. The molecule has 3 nitrogen and oxygen atoms in total. The largest absolute Gasteiger partial charge is 0.324 e. The number of benzene rings is 3. The lowest BCUT2D eigenvalue weighted by molar-refractivity contribution is 0.782. The van der Waals surface area contributed by atoms with E-state index in [0.717, 1.165) is 34.5 Å². The summed E-state index contributed by atoms with van der Waals surface area (Å²) in [6.07, 6.45) is 2.74. The van der Waals surface area contributed by atoms with E-state index in [1.165, 1.54) is 5.56 Å².